The fraction of sp³-hybridized carbons (Fsp3) is 0.115. The predicted molar refractivity (Wildman–Crippen MR) is 125 cm³/mol. The van der Waals surface area contributed by atoms with Crippen LogP contribution in [0.4, 0.5) is 4.39 Å². The first kappa shape index (κ1) is 22.4. The minimum Gasteiger partial charge on any atom is -0.478 e. The average molecular weight is 463 g/mol. The molecule has 1 amide bonds. The van der Waals surface area contributed by atoms with E-state index in [2.05, 4.69) is 4.98 Å². The monoisotopic (exact) mass is 462 g/mol. The normalized spacial score (nSPS) is 11.8. The lowest BCUT2D eigenvalue weighted by atomic mass is 10.0. The quantitative estimate of drug-likeness (QED) is 0.374. The maximum absolute atomic E-state index is 13.6. The minimum absolute atomic E-state index is 0.0385. The molecule has 0 bridgehead atoms. The van der Waals surface area contributed by atoms with Gasteiger partial charge in [-0.15, -0.1) is 0 Å². The fourth-order valence-corrected chi connectivity index (χ4v) is 3.89. The molecule has 166 valence electrons. The zero-order valence-corrected chi connectivity index (χ0v) is 18.5. The van der Waals surface area contributed by atoms with Crippen LogP contribution in [0.15, 0.2) is 79.0 Å². The molecule has 33 heavy (non-hydrogen) atoms. The molecular weight excluding hydrogens is 443 g/mol. The summed E-state index contributed by atoms with van der Waals surface area (Å²) in [7, 11) is 0. The average Bonchev–Trinajstić information content (AvgIpc) is 2.82. The number of amides is 1. The van der Waals surface area contributed by atoms with E-state index in [1.807, 2.05) is 31.2 Å². The number of hydrogen-bond acceptors (Lipinski definition) is 3. The number of carboxylic acids is 1. The van der Waals surface area contributed by atoms with E-state index in [0.717, 1.165) is 16.5 Å². The number of nitrogens with zero attached hydrogens (tertiary/aromatic N) is 2. The molecule has 0 fully saturated rings. The van der Waals surface area contributed by atoms with Crippen LogP contribution in [0.5, 0.6) is 0 Å². The van der Waals surface area contributed by atoms with Gasteiger partial charge in [-0.3, -0.25) is 9.78 Å². The molecule has 0 unspecified atom stereocenters. The molecule has 4 rings (SSSR count). The van der Waals surface area contributed by atoms with Gasteiger partial charge in [-0.2, -0.15) is 0 Å². The van der Waals surface area contributed by atoms with Crippen LogP contribution in [-0.4, -0.2) is 26.9 Å². The van der Waals surface area contributed by atoms with E-state index in [1.54, 1.807) is 29.2 Å². The fourth-order valence-electron chi connectivity index (χ4n) is 3.69. The van der Waals surface area contributed by atoms with E-state index in [4.69, 9.17) is 11.6 Å². The van der Waals surface area contributed by atoms with Gasteiger partial charge in [0.15, 0.2) is 0 Å². The number of halogens is 2. The summed E-state index contributed by atoms with van der Waals surface area (Å²) >= 11 is 6.01. The zero-order chi connectivity index (χ0) is 23.5. The Labute approximate surface area is 195 Å². The second kappa shape index (κ2) is 9.38. The molecule has 1 aromatic heterocycles. The van der Waals surface area contributed by atoms with Gasteiger partial charge in [0.2, 0.25) is 0 Å². The Kier molecular flexibility index (Phi) is 6.38. The Morgan fingerprint density at radius 1 is 1.06 bits per heavy atom. The van der Waals surface area contributed by atoms with Gasteiger partial charge in [-0.1, -0.05) is 48.0 Å². The Balaban J connectivity index is 1.74. The molecule has 5 nitrogen and oxygen atoms in total. The molecule has 7 heteroatoms. The number of aromatic nitrogens is 1. The van der Waals surface area contributed by atoms with E-state index < -0.39 is 12.0 Å². The van der Waals surface area contributed by atoms with Gasteiger partial charge >= 0.3 is 5.97 Å². The molecule has 0 aliphatic carbocycles. The molecule has 0 saturated carbocycles. The van der Waals surface area contributed by atoms with Crippen molar-refractivity contribution in [1.29, 1.82) is 0 Å². The van der Waals surface area contributed by atoms with Crippen LogP contribution in [0.25, 0.3) is 10.9 Å². The summed E-state index contributed by atoms with van der Waals surface area (Å²) in [4.78, 5) is 31.1. The summed E-state index contributed by atoms with van der Waals surface area (Å²) in [6.07, 6.45) is 1.53. The molecule has 0 spiro atoms. The maximum Gasteiger partial charge on any atom is 0.337 e. The molecule has 1 N–H and O–H groups in total. The van der Waals surface area contributed by atoms with Crippen LogP contribution in [0.3, 0.4) is 0 Å². The Bertz CT molecular complexity index is 1340. The van der Waals surface area contributed by atoms with Crippen LogP contribution < -0.4 is 0 Å². The number of carbonyl (C=O) groups excluding carboxylic acids is 1. The molecule has 1 heterocycles. The molecular formula is C26H20ClFN2O3. The molecule has 0 aliphatic rings. The van der Waals surface area contributed by atoms with Crippen molar-refractivity contribution in [3.63, 3.8) is 0 Å². The maximum atomic E-state index is 13.6. The Morgan fingerprint density at radius 3 is 2.52 bits per heavy atom. The number of para-hydroxylation sites is 1. The van der Waals surface area contributed by atoms with Crippen molar-refractivity contribution in [2.75, 3.05) is 0 Å². The van der Waals surface area contributed by atoms with Crippen molar-refractivity contribution < 1.29 is 19.1 Å². The molecule has 1 atom stereocenters. The van der Waals surface area contributed by atoms with E-state index in [9.17, 15) is 19.1 Å². The lowest BCUT2D eigenvalue weighted by Crippen LogP contribution is -2.33. The number of pyridine rings is 1. The first-order chi connectivity index (χ1) is 15.8. The SMILES string of the molecule is C[C@H](c1ccc(F)cc1)N(Cc1ccc(Cl)c(C(=O)O)c1)C(=O)c1cnc2ccccc2c1. The summed E-state index contributed by atoms with van der Waals surface area (Å²) in [6, 6.07) is 19.4. The van der Waals surface area contributed by atoms with Gasteiger partial charge in [0.1, 0.15) is 5.82 Å². The van der Waals surface area contributed by atoms with E-state index in [1.165, 1.54) is 30.5 Å². The zero-order valence-electron chi connectivity index (χ0n) is 17.7. The number of carboxylic acid groups (broad SMARTS) is 1. The third kappa shape index (κ3) is 4.86. The van der Waals surface area contributed by atoms with Crippen molar-refractivity contribution in [2.24, 2.45) is 0 Å². The number of aromatic carboxylic acids is 1. The van der Waals surface area contributed by atoms with Crippen molar-refractivity contribution >= 4 is 34.4 Å². The van der Waals surface area contributed by atoms with Crippen LogP contribution >= 0.6 is 11.6 Å². The first-order valence-electron chi connectivity index (χ1n) is 10.3. The van der Waals surface area contributed by atoms with Crippen LogP contribution in [0.1, 0.15) is 44.8 Å². The highest BCUT2D eigenvalue weighted by Crippen LogP contribution is 2.27. The second-order valence-electron chi connectivity index (χ2n) is 7.70. The Morgan fingerprint density at radius 2 is 1.79 bits per heavy atom. The van der Waals surface area contributed by atoms with Gasteiger partial charge in [0.25, 0.3) is 5.91 Å². The first-order valence-corrected chi connectivity index (χ1v) is 10.6. The van der Waals surface area contributed by atoms with Crippen LogP contribution in [0.2, 0.25) is 5.02 Å². The lowest BCUT2D eigenvalue weighted by molar-refractivity contribution is 0.0673. The summed E-state index contributed by atoms with van der Waals surface area (Å²) < 4.78 is 13.5. The summed E-state index contributed by atoms with van der Waals surface area (Å²) in [5.41, 5.74) is 2.48. The smallest absolute Gasteiger partial charge is 0.337 e. The van der Waals surface area contributed by atoms with E-state index >= 15 is 0 Å². The van der Waals surface area contributed by atoms with E-state index in [0.29, 0.717) is 11.1 Å². The van der Waals surface area contributed by atoms with Crippen molar-refractivity contribution in [2.45, 2.75) is 19.5 Å². The Hall–Kier alpha value is -3.77. The molecule has 0 aliphatic heterocycles. The molecule has 0 saturated heterocycles. The third-order valence-corrected chi connectivity index (χ3v) is 5.86. The highest BCUT2D eigenvalue weighted by atomic mass is 35.5. The minimum atomic E-state index is -1.15. The molecule has 0 radical (unpaired) electrons. The standard InChI is InChI=1S/C26H20ClFN2O3/c1-16(18-7-9-21(28)10-8-18)30(15-17-6-11-23(27)22(12-17)26(32)33)25(31)20-13-19-4-2-3-5-24(19)29-14-20/h2-14,16H,15H2,1H3,(H,32,33)/t16-/m1/s1. The highest BCUT2D eigenvalue weighted by Gasteiger charge is 2.24. The summed E-state index contributed by atoms with van der Waals surface area (Å²) in [6.45, 7) is 1.97. The number of fused-ring (bicyclic) bond motifs is 1. The largest absolute Gasteiger partial charge is 0.478 e. The van der Waals surface area contributed by atoms with Gasteiger partial charge < -0.3 is 10.0 Å². The lowest BCUT2D eigenvalue weighted by Gasteiger charge is -2.30. The summed E-state index contributed by atoms with van der Waals surface area (Å²) in [5.74, 6) is -1.80. The third-order valence-electron chi connectivity index (χ3n) is 5.53. The van der Waals surface area contributed by atoms with Gasteiger partial charge in [-0.25, -0.2) is 9.18 Å². The molecule has 4 aromatic rings. The topological polar surface area (TPSA) is 70.5 Å². The number of hydrogen-bond donors (Lipinski definition) is 1. The highest BCUT2D eigenvalue weighted by molar-refractivity contribution is 6.33. The van der Waals surface area contributed by atoms with Crippen LogP contribution in [0, 0.1) is 5.82 Å². The molecule has 3 aromatic carbocycles. The van der Waals surface area contributed by atoms with Crippen LogP contribution in [-0.2, 0) is 6.54 Å². The van der Waals surface area contributed by atoms with Gasteiger partial charge in [0.05, 0.1) is 27.7 Å². The predicted octanol–water partition coefficient (Wildman–Crippen LogP) is 6.13. The number of rotatable bonds is 6. The van der Waals surface area contributed by atoms with Gasteiger partial charge in [-0.05, 0) is 54.4 Å². The van der Waals surface area contributed by atoms with E-state index in [-0.39, 0.29) is 28.9 Å². The van der Waals surface area contributed by atoms with Crippen molar-refractivity contribution in [3.8, 4) is 0 Å². The second-order valence-corrected chi connectivity index (χ2v) is 8.10. The van der Waals surface area contributed by atoms with Crippen molar-refractivity contribution in [3.05, 3.63) is 112 Å². The van der Waals surface area contributed by atoms with Gasteiger partial charge in [0, 0.05) is 18.1 Å². The summed E-state index contributed by atoms with van der Waals surface area (Å²) in [5, 5.41) is 10.4. The van der Waals surface area contributed by atoms with Crippen molar-refractivity contribution in [1.82, 2.24) is 9.88 Å². The number of carbonyl (C=O) groups is 2. The number of benzene rings is 3.